The number of nitrogens with zero attached hydrogens (tertiary/aromatic N) is 3. The number of aromatic nitrogens is 2. The molecule has 2 aromatic heterocycles. The Balaban J connectivity index is 0.000000206. The summed E-state index contributed by atoms with van der Waals surface area (Å²) in [6.07, 6.45) is 3.36. The maximum Gasteiger partial charge on any atom is 1.00 e. The van der Waals surface area contributed by atoms with Crippen molar-refractivity contribution in [3.05, 3.63) is 116 Å². The molecule has 10 nitrogen and oxygen atoms in total. The molecule has 0 radical (unpaired) electrons. The summed E-state index contributed by atoms with van der Waals surface area (Å²) in [4.78, 5) is 50.1. The van der Waals surface area contributed by atoms with Gasteiger partial charge in [-0.1, -0.05) is 64.9 Å². The molecule has 0 bridgehead atoms. The van der Waals surface area contributed by atoms with Crippen LogP contribution in [0, 0.1) is 23.3 Å². The first-order valence-corrected chi connectivity index (χ1v) is 21.7. The SMILES string of the molecule is CCOC(=O)c1cccc(Sc2c(C3CC3)n(CC(=O)O)c3c(F)c(Cl)ccc23)c1F.CN(C)C(=O)Cn1c(C2CC2)c(Sc2cccc(C(=O)[O-])c2F)c2ccc(Cl)c(F)c21.[Na+]. The number of carboxylic acid groups (broad SMARTS) is 2. The number of amides is 1. The predicted molar refractivity (Wildman–Crippen MR) is 225 cm³/mol. The van der Waals surface area contributed by atoms with Crippen LogP contribution in [0.3, 0.4) is 0 Å². The summed E-state index contributed by atoms with van der Waals surface area (Å²) in [7, 11) is 3.23. The Bertz CT molecular complexity index is 2810. The Morgan fingerprint density at radius 1 is 0.730 bits per heavy atom. The fourth-order valence-electron chi connectivity index (χ4n) is 7.14. The molecule has 1 N–H and O–H groups in total. The van der Waals surface area contributed by atoms with Crippen LogP contribution in [0.25, 0.3) is 21.8 Å². The number of aliphatic carboxylic acids is 1. The Kier molecular flexibility index (Phi) is 15.3. The average Bonchev–Trinajstić information content (AvgIpc) is 4.17. The van der Waals surface area contributed by atoms with Crippen LogP contribution in [0.1, 0.15) is 76.5 Å². The first-order chi connectivity index (χ1) is 29.5. The molecule has 63 heavy (non-hydrogen) atoms. The minimum Gasteiger partial charge on any atom is -0.545 e. The van der Waals surface area contributed by atoms with Crippen LogP contribution < -0.4 is 34.7 Å². The van der Waals surface area contributed by atoms with Crippen LogP contribution in [0.2, 0.25) is 10.0 Å². The van der Waals surface area contributed by atoms with Gasteiger partial charge in [0, 0.05) is 73.2 Å². The van der Waals surface area contributed by atoms with Gasteiger partial charge in [0.25, 0.3) is 0 Å². The van der Waals surface area contributed by atoms with Gasteiger partial charge in [-0.25, -0.2) is 22.4 Å². The van der Waals surface area contributed by atoms with E-state index < -0.39 is 53.3 Å². The third kappa shape index (κ3) is 9.92. The number of esters is 1. The second-order valence-corrected chi connectivity index (χ2v) is 17.7. The number of fused-ring (bicyclic) bond motifs is 2. The Morgan fingerprint density at radius 3 is 1.59 bits per heavy atom. The molecule has 4 aromatic carbocycles. The maximum absolute atomic E-state index is 15.1. The van der Waals surface area contributed by atoms with E-state index in [1.807, 2.05) is 0 Å². The molecule has 2 heterocycles. The van der Waals surface area contributed by atoms with E-state index in [-0.39, 0.29) is 96.9 Å². The number of halogens is 6. The Hall–Kier alpha value is -4.16. The van der Waals surface area contributed by atoms with Gasteiger partial charge in [0.05, 0.1) is 39.2 Å². The molecule has 0 saturated heterocycles. The largest absolute Gasteiger partial charge is 1.00 e. The minimum absolute atomic E-state index is 0. The second kappa shape index (κ2) is 19.9. The molecule has 0 spiro atoms. The monoisotopic (exact) mass is 951 g/mol. The normalized spacial score (nSPS) is 13.3. The number of hydrogen-bond donors (Lipinski definition) is 1. The molecule has 19 heteroatoms. The van der Waals surface area contributed by atoms with Crippen molar-refractivity contribution in [1.82, 2.24) is 14.0 Å². The van der Waals surface area contributed by atoms with Gasteiger partial charge in [0.2, 0.25) is 5.91 Å². The number of carbonyl (C=O) groups excluding carboxylic acids is 3. The van der Waals surface area contributed by atoms with Crippen LogP contribution in [-0.4, -0.2) is 63.7 Å². The summed E-state index contributed by atoms with van der Waals surface area (Å²) in [5.41, 5.74) is 0.908. The van der Waals surface area contributed by atoms with Crippen molar-refractivity contribution < 1.29 is 81.2 Å². The number of likely N-dealkylation sites (N-methyl/N-ethyl adjacent to an activating group) is 1. The van der Waals surface area contributed by atoms with Crippen molar-refractivity contribution in [3.8, 4) is 0 Å². The molecule has 0 unspecified atom stereocenters. The zero-order chi connectivity index (χ0) is 44.7. The van der Waals surface area contributed by atoms with Gasteiger partial charge in [0.1, 0.15) is 18.9 Å². The second-order valence-electron chi connectivity index (χ2n) is 14.8. The first-order valence-electron chi connectivity index (χ1n) is 19.3. The number of hydrogen-bond acceptors (Lipinski definition) is 8. The summed E-state index contributed by atoms with van der Waals surface area (Å²) in [6.45, 7) is 1.22. The van der Waals surface area contributed by atoms with Crippen molar-refractivity contribution in [3.63, 3.8) is 0 Å². The quantitative estimate of drug-likeness (QED) is 0.0745. The zero-order valence-corrected chi connectivity index (χ0v) is 39.3. The third-order valence-electron chi connectivity index (χ3n) is 10.3. The average molecular weight is 953 g/mol. The van der Waals surface area contributed by atoms with Gasteiger partial charge in [-0.15, -0.1) is 0 Å². The Labute approximate surface area is 399 Å². The van der Waals surface area contributed by atoms with Crippen LogP contribution in [0.5, 0.6) is 0 Å². The van der Waals surface area contributed by atoms with E-state index in [1.54, 1.807) is 43.8 Å². The van der Waals surface area contributed by atoms with Gasteiger partial charge in [-0.2, -0.15) is 0 Å². The van der Waals surface area contributed by atoms with Crippen molar-refractivity contribution in [2.75, 3.05) is 20.7 Å². The summed E-state index contributed by atoms with van der Waals surface area (Å²) in [5, 5.41) is 21.4. The molecule has 6 aromatic rings. The standard InChI is InChI=1S/C22H19ClF2N2O3S.C22H18ClF2NO4S.Na/c1-26(2)16(28)10-27-19(11-6-7-11)21(13-8-9-14(23)18(25)20(13)27)31-15-5-3-4-12(17(15)24)22(29)30;1-2-30-22(29)12-4-3-5-15(17(12)24)31-21-13-8-9-14(23)18(25)20(13)26(10-16(27)28)19(21)11-6-7-11;/h3-5,8-9,11H,6-7,10H2,1-2H3,(H,29,30);3-5,8-9,11H,2,6-7,10H2,1H3,(H,27,28);/q;;+1/p-1. The molecular weight excluding hydrogens is 917 g/mol. The molecule has 2 aliphatic rings. The van der Waals surface area contributed by atoms with Crippen molar-refractivity contribution in [2.45, 2.75) is 77.1 Å². The third-order valence-corrected chi connectivity index (χ3v) is 13.2. The molecule has 0 atom stereocenters. The van der Waals surface area contributed by atoms with E-state index >= 15 is 8.78 Å². The molecule has 2 aliphatic carbocycles. The molecule has 0 aliphatic heterocycles. The molecule has 2 fully saturated rings. The fraction of sp³-hybridized carbons (Fsp3) is 0.273. The number of aromatic carboxylic acids is 1. The van der Waals surface area contributed by atoms with Gasteiger partial charge in [-0.05, 0) is 75.1 Å². The number of benzene rings is 4. The van der Waals surface area contributed by atoms with Crippen LogP contribution in [0.4, 0.5) is 17.6 Å². The van der Waals surface area contributed by atoms with Gasteiger partial charge >= 0.3 is 41.5 Å². The van der Waals surface area contributed by atoms with E-state index in [0.29, 0.717) is 26.3 Å². The minimum atomic E-state index is -1.61. The first kappa shape index (κ1) is 48.3. The number of ether oxygens (including phenoxy) is 1. The van der Waals surface area contributed by atoms with Crippen LogP contribution in [0.15, 0.2) is 80.2 Å². The van der Waals surface area contributed by atoms with E-state index in [9.17, 15) is 38.2 Å². The van der Waals surface area contributed by atoms with Crippen molar-refractivity contribution >= 4 is 92.3 Å². The molecule has 1 amide bonds. The van der Waals surface area contributed by atoms with Crippen molar-refractivity contribution in [2.24, 2.45) is 0 Å². The zero-order valence-electron chi connectivity index (χ0n) is 34.2. The molecule has 8 rings (SSSR count). The summed E-state index contributed by atoms with van der Waals surface area (Å²) < 4.78 is 68.0. The fourth-order valence-corrected chi connectivity index (χ4v) is 9.89. The smallest absolute Gasteiger partial charge is 0.545 e. The van der Waals surface area contributed by atoms with E-state index in [0.717, 1.165) is 61.0 Å². The summed E-state index contributed by atoms with van der Waals surface area (Å²) in [5.74, 6) is -6.59. The van der Waals surface area contributed by atoms with Gasteiger partial charge < -0.3 is 33.8 Å². The summed E-state index contributed by atoms with van der Waals surface area (Å²) >= 11 is 14.1. The van der Waals surface area contributed by atoms with E-state index in [1.165, 1.54) is 45.9 Å². The number of carbonyl (C=O) groups is 4. The number of carboxylic acids is 2. The maximum atomic E-state index is 15.1. The number of rotatable bonds is 13. The van der Waals surface area contributed by atoms with E-state index in [2.05, 4.69) is 0 Å². The van der Waals surface area contributed by atoms with E-state index in [4.69, 9.17) is 27.9 Å². The van der Waals surface area contributed by atoms with Gasteiger partial charge in [-0.3, -0.25) is 9.59 Å². The molecule has 2 saturated carbocycles. The van der Waals surface area contributed by atoms with Crippen LogP contribution >= 0.6 is 46.7 Å². The van der Waals surface area contributed by atoms with Gasteiger partial charge in [0.15, 0.2) is 17.5 Å². The molecular formula is C44H36Cl2F4N3NaO7S2. The predicted octanol–water partition coefficient (Wildman–Crippen LogP) is 6.92. The Morgan fingerprint density at radius 2 is 1.17 bits per heavy atom. The molecule has 324 valence electrons. The topological polar surface area (TPSA) is 134 Å². The summed E-state index contributed by atoms with van der Waals surface area (Å²) in [6, 6.07) is 14.5. The van der Waals surface area contributed by atoms with Crippen LogP contribution in [-0.2, 0) is 27.4 Å². The van der Waals surface area contributed by atoms with Crippen molar-refractivity contribution in [1.29, 1.82) is 0 Å².